The van der Waals surface area contributed by atoms with Crippen LogP contribution in [0.2, 0.25) is 0 Å². The fourth-order valence-corrected chi connectivity index (χ4v) is 4.50. The van der Waals surface area contributed by atoms with Gasteiger partial charge in [0.05, 0.1) is 0 Å². The molecule has 0 aromatic carbocycles. The SMILES string of the molecule is CCn1c(Cn2cncn2)nnc1C1CCN(CC2CCCC2)CC1. The molecule has 3 heterocycles. The summed E-state index contributed by atoms with van der Waals surface area (Å²) in [6, 6.07) is 0. The van der Waals surface area contributed by atoms with Crippen LogP contribution in [0, 0.1) is 5.92 Å². The van der Waals surface area contributed by atoms with Crippen LogP contribution in [-0.4, -0.2) is 54.1 Å². The zero-order valence-corrected chi connectivity index (χ0v) is 15.2. The molecule has 1 saturated heterocycles. The monoisotopic (exact) mass is 343 g/mol. The molecule has 2 aliphatic rings. The number of aromatic nitrogens is 6. The summed E-state index contributed by atoms with van der Waals surface area (Å²) in [7, 11) is 0. The summed E-state index contributed by atoms with van der Waals surface area (Å²) in [5.74, 6) is 3.64. The fraction of sp³-hybridized carbons (Fsp3) is 0.778. The lowest BCUT2D eigenvalue weighted by atomic mass is 9.94. The Hall–Kier alpha value is -1.76. The van der Waals surface area contributed by atoms with Gasteiger partial charge in [0.25, 0.3) is 0 Å². The van der Waals surface area contributed by atoms with E-state index in [2.05, 4.69) is 36.7 Å². The van der Waals surface area contributed by atoms with Gasteiger partial charge in [-0.2, -0.15) is 5.10 Å². The fourth-order valence-electron chi connectivity index (χ4n) is 4.50. The molecule has 7 heteroatoms. The Morgan fingerprint density at radius 2 is 1.88 bits per heavy atom. The largest absolute Gasteiger partial charge is 0.313 e. The molecule has 0 amide bonds. The maximum Gasteiger partial charge on any atom is 0.154 e. The number of nitrogens with zero attached hydrogens (tertiary/aromatic N) is 7. The van der Waals surface area contributed by atoms with Crippen LogP contribution in [-0.2, 0) is 13.1 Å². The first-order chi connectivity index (χ1) is 12.3. The van der Waals surface area contributed by atoms with Gasteiger partial charge in [0.2, 0.25) is 0 Å². The standard InChI is InChI=1S/C18H29N7/c1-2-25-17(12-24-14-19-13-20-24)21-22-18(25)16-7-9-23(10-8-16)11-15-5-3-4-6-15/h13-16H,2-12H2,1H3. The highest BCUT2D eigenvalue weighted by molar-refractivity contribution is 5.04. The summed E-state index contributed by atoms with van der Waals surface area (Å²) in [5.41, 5.74) is 0. The second-order valence-electron chi connectivity index (χ2n) is 7.54. The minimum atomic E-state index is 0.539. The van der Waals surface area contributed by atoms with Crippen molar-refractivity contribution in [3.63, 3.8) is 0 Å². The van der Waals surface area contributed by atoms with E-state index in [9.17, 15) is 0 Å². The summed E-state index contributed by atoms with van der Waals surface area (Å²) in [6.45, 7) is 7.44. The lowest BCUT2D eigenvalue weighted by molar-refractivity contribution is 0.180. The van der Waals surface area contributed by atoms with Crippen LogP contribution in [0.5, 0.6) is 0 Å². The highest BCUT2D eigenvalue weighted by Crippen LogP contribution is 2.30. The number of rotatable bonds is 6. The van der Waals surface area contributed by atoms with Crippen LogP contribution in [0.4, 0.5) is 0 Å². The van der Waals surface area contributed by atoms with Gasteiger partial charge in [0.15, 0.2) is 5.82 Å². The van der Waals surface area contributed by atoms with Crippen LogP contribution in [0.1, 0.15) is 63.0 Å². The minimum absolute atomic E-state index is 0.539. The van der Waals surface area contributed by atoms with Crippen LogP contribution >= 0.6 is 0 Å². The average molecular weight is 343 g/mol. The van der Waals surface area contributed by atoms with E-state index in [1.54, 1.807) is 12.7 Å². The molecule has 0 spiro atoms. The molecule has 2 aromatic rings. The molecule has 2 aromatic heterocycles. The molecule has 0 bridgehead atoms. The van der Waals surface area contributed by atoms with E-state index in [1.165, 1.54) is 58.2 Å². The molecule has 0 atom stereocenters. The van der Waals surface area contributed by atoms with Crippen LogP contribution < -0.4 is 0 Å². The first-order valence-electron chi connectivity index (χ1n) is 9.80. The molecule has 0 unspecified atom stereocenters. The smallest absolute Gasteiger partial charge is 0.154 e. The second-order valence-corrected chi connectivity index (χ2v) is 7.54. The predicted octanol–water partition coefficient (Wildman–Crippen LogP) is 2.31. The van der Waals surface area contributed by atoms with Crippen molar-refractivity contribution in [1.29, 1.82) is 0 Å². The van der Waals surface area contributed by atoms with E-state index in [-0.39, 0.29) is 0 Å². The van der Waals surface area contributed by atoms with Gasteiger partial charge in [-0.15, -0.1) is 10.2 Å². The Bertz CT molecular complexity index is 649. The Morgan fingerprint density at radius 1 is 1.08 bits per heavy atom. The summed E-state index contributed by atoms with van der Waals surface area (Å²) in [4.78, 5) is 6.69. The van der Waals surface area contributed by atoms with Crippen molar-refractivity contribution in [2.24, 2.45) is 5.92 Å². The molecule has 0 radical (unpaired) electrons. The third-order valence-corrected chi connectivity index (χ3v) is 5.89. The van der Waals surface area contributed by atoms with Crippen LogP contribution in [0.25, 0.3) is 0 Å². The second kappa shape index (κ2) is 7.64. The van der Waals surface area contributed by atoms with Crippen molar-refractivity contribution >= 4 is 0 Å². The van der Waals surface area contributed by atoms with E-state index in [1.807, 2.05) is 4.68 Å². The van der Waals surface area contributed by atoms with Gasteiger partial charge >= 0.3 is 0 Å². The maximum absolute atomic E-state index is 4.55. The highest BCUT2D eigenvalue weighted by Gasteiger charge is 2.27. The van der Waals surface area contributed by atoms with E-state index >= 15 is 0 Å². The lowest BCUT2D eigenvalue weighted by Gasteiger charge is -2.33. The van der Waals surface area contributed by atoms with Gasteiger partial charge in [-0.1, -0.05) is 12.8 Å². The minimum Gasteiger partial charge on any atom is -0.313 e. The normalized spacial score (nSPS) is 20.5. The molecule has 7 nitrogen and oxygen atoms in total. The zero-order valence-electron chi connectivity index (χ0n) is 15.2. The van der Waals surface area contributed by atoms with Crippen molar-refractivity contribution in [2.75, 3.05) is 19.6 Å². The number of piperidine rings is 1. The molecule has 25 heavy (non-hydrogen) atoms. The van der Waals surface area contributed by atoms with Gasteiger partial charge in [-0.05, 0) is 51.6 Å². The maximum atomic E-state index is 4.55. The van der Waals surface area contributed by atoms with Gasteiger partial charge in [-0.25, -0.2) is 9.67 Å². The number of likely N-dealkylation sites (tertiary alicyclic amines) is 1. The van der Waals surface area contributed by atoms with E-state index in [0.717, 1.165) is 24.1 Å². The Kier molecular flexibility index (Phi) is 5.10. The van der Waals surface area contributed by atoms with Crippen molar-refractivity contribution in [3.8, 4) is 0 Å². The summed E-state index contributed by atoms with van der Waals surface area (Å²) in [5, 5.41) is 13.2. The van der Waals surface area contributed by atoms with Gasteiger partial charge in [0.1, 0.15) is 25.0 Å². The third kappa shape index (κ3) is 3.76. The lowest BCUT2D eigenvalue weighted by Crippen LogP contribution is -2.36. The Labute approximate surface area is 149 Å². The quantitative estimate of drug-likeness (QED) is 0.805. The molecular weight excluding hydrogens is 314 g/mol. The van der Waals surface area contributed by atoms with Gasteiger partial charge in [0, 0.05) is 19.0 Å². The molecule has 1 aliphatic heterocycles. The van der Waals surface area contributed by atoms with Crippen LogP contribution in [0.3, 0.4) is 0 Å². The van der Waals surface area contributed by atoms with Crippen LogP contribution in [0.15, 0.2) is 12.7 Å². The molecular formula is C18H29N7. The topological polar surface area (TPSA) is 64.7 Å². The van der Waals surface area contributed by atoms with Crippen molar-refractivity contribution in [2.45, 2.75) is 64.5 Å². The summed E-state index contributed by atoms with van der Waals surface area (Å²) < 4.78 is 4.09. The molecule has 136 valence electrons. The van der Waals surface area contributed by atoms with Gasteiger partial charge < -0.3 is 9.47 Å². The number of hydrogen-bond acceptors (Lipinski definition) is 5. The van der Waals surface area contributed by atoms with Crippen molar-refractivity contribution in [1.82, 2.24) is 34.4 Å². The highest BCUT2D eigenvalue weighted by atomic mass is 15.4. The molecule has 0 N–H and O–H groups in total. The van der Waals surface area contributed by atoms with Crippen molar-refractivity contribution < 1.29 is 0 Å². The van der Waals surface area contributed by atoms with Crippen molar-refractivity contribution in [3.05, 3.63) is 24.3 Å². The summed E-state index contributed by atoms with van der Waals surface area (Å²) >= 11 is 0. The molecule has 4 rings (SSSR count). The van der Waals surface area contributed by atoms with E-state index in [4.69, 9.17) is 0 Å². The first kappa shape index (κ1) is 16.7. The average Bonchev–Trinajstić information content (AvgIpc) is 3.38. The first-order valence-corrected chi connectivity index (χ1v) is 9.80. The molecule has 1 aliphatic carbocycles. The summed E-state index contributed by atoms with van der Waals surface area (Å²) in [6.07, 6.45) is 11.5. The number of hydrogen-bond donors (Lipinski definition) is 0. The van der Waals surface area contributed by atoms with E-state index in [0.29, 0.717) is 12.5 Å². The zero-order chi connectivity index (χ0) is 17.1. The molecule has 1 saturated carbocycles. The van der Waals surface area contributed by atoms with Gasteiger partial charge in [-0.3, -0.25) is 0 Å². The Morgan fingerprint density at radius 3 is 2.56 bits per heavy atom. The predicted molar refractivity (Wildman–Crippen MR) is 95.2 cm³/mol. The third-order valence-electron chi connectivity index (χ3n) is 5.89. The Balaban J connectivity index is 1.38. The van der Waals surface area contributed by atoms with E-state index < -0.39 is 0 Å². The molecule has 2 fully saturated rings.